The lowest BCUT2D eigenvalue weighted by Gasteiger charge is -2.08. The minimum atomic E-state index is -0.723. The Morgan fingerprint density at radius 3 is 3.00 bits per heavy atom. The van der Waals surface area contributed by atoms with Crippen molar-refractivity contribution < 1.29 is 14.1 Å². The van der Waals surface area contributed by atoms with Crippen LogP contribution in [0.2, 0.25) is 0 Å². The topological polar surface area (TPSA) is 96.9 Å². The molecule has 0 fully saturated rings. The van der Waals surface area contributed by atoms with Gasteiger partial charge in [-0.25, -0.2) is 0 Å². The smallest absolute Gasteiger partial charge is 0.287 e. The standard InChI is InChI=1S/C11H12N4O3/c1-7-6-8(18-15-7)4-5-12-11(17)9-2-3-10(16)14-13-9/h2-3,6,9H,4-5H2,1H3,(H,12,17). The lowest BCUT2D eigenvalue weighted by atomic mass is 10.2. The summed E-state index contributed by atoms with van der Waals surface area (Å²) in [4.78, 5) is 22.4. The van der Waals surface area contributed by atoms with Crippen LogP contribution in [0.4, 0.5) is 0 Å². The van der Waals surface area contributed by atoms with Crippen LogP contribution in [0.5, 0.6) is 0 Å². The van der Waals surface area contributed by atoms with Gasteiger partial charge in [0, 0.05) is 25.1 Å². The minimum Gasteiger partial charge on any atom is -0.361 e. The predicted octanol–water partition coefficient (Wildman–Crippen LogP) is 0.559. The maximum atomic E-state index is 11.6. The summed E-state index contributed by atoms with van der Waals surface area (Å²) in [6.45, 7) is 2.25. The predicted molar refractivity (Wildman–Crippen MR) is 60.7 cm³/mol. The molecular formula is C11H12N4O3. The van der Waals surface area contributed by atoms with Crippen LogP contribution < -0.4 is 5.32 Å². The van der Waals surface area contributed by atoms with Gasteiger partial charge in [-0.05, 0) is 13.0 Å². The molecule has 1 aromatic rings. The first-order valence-corrected chi connectivity index (χ1v) is 5.48. The molecule has 7 nitrogen and oxygen atoms in total. The fourth-order valence-electron chi connectivity index (χ4n) is 1.45. The molecule has 0 spiro atoms. The highest BCUT2D eigenvalue weighted by atomic mass is 16.5. The average Bonchev–Trinajstić information content (AvgIpc) is 2.76. The number of azo groups is 1. The van der Waals surface area contributed by atoms with Crippen LogP contribution in [0.3, 0.4) is 0 Å². The second-order valence-corrected chi connectivity index (χ2v) is 3.83. The fraction of sp³-hybridized carbons (Fsp3) is 0.364. The van der Waals surface area contributed by atoms with Crippen LogP contribution in [0, 0.1) is 6.92 Å². The van der Waals surface area contributed by atoms with Gasteiger partial charge in [0.1, 0.15) is 5.76 Å². The SMILES string of the molecule is Cc1cc(CCNC(=O)C2C=CC(=O)N=N2)on1. The first-order chi connectivity index (χ1) is 8.65. The van der Waals surface area contributed by atoms with Gasteiger partial charge in [0.2, 0.25) is 0 Å². The number of nitrogens with zero attached hydrogens (tertiary/aromatic N) is 3. The number of aryl methyl sites for hydroxylation is 1. The molecule has 0 radical (unpaired) electrons. The molecule has 1 N–H and O–H groups in total. The van der Waals surface area contributed by atoms with Crippen molar-refractivity contribution in [2.45, 2.75) is 19.4 Å². The van der Waals surface area contributed by atoms with Gasteiger partial charge in [-0.15, -0.1) is 5.11 Å². The van der Waals surface area contributed by atoms with Gasteiger partial charge in [-0.1, -0.05) is 5.16 Å². The highest BCUT2D eigenvalue weighted by Crippen LogP contribution is 2.04. The number of carbonyl (C=O) groups is 2. The van der Waals surface area contributed by atoms with Gasteiger partial charge < -0.3 is 9.84 Å². The molecule has 1 atom stereocenters. The Kier molecular flexibility index (Phi) is 3.61. The number of nitrogens with one attached hydrogen (secondary N) is 1. The average molecular weight is 248 g/mol. The first-order valence-electron chi connectivity index (χ1n) is 5.48. The molecule has 0 saturated heterocycles. The molecule has 1 aliphatic heterocycles. The quantitative estimate of drug-likeness (QED) is 0.841. The van der Waals surface area contributed by atoms with Crippen molar-refractivity contribution in [1.29, 1.82) is 0 Å². The van der Waals surface area contributed by atoms with E-state index < -0.39 is 11.9 Å². The fourth-order valence-corrected chi connectivity index (χ4v) is 1.45. The zero-order chi connectivity index (χ0) is 13.0. The lowest BCUT2D eigenvalue weighted by Crippen LogP contribution is -2.34. The number of amides is 2. The summed E-state index contributed by atoms with van der Waals surface area (Å²) in [5, 5.41) is 13.3. The lowest BCUT2D eigenvalue weighted by molar-refractivity contribution is -0.121. The largest absolute Gasteiger partial charge is 0.361 e. The molecule has 2 heterocycles. The van der Waals surface area contributed by atoms with Crippen LogP contribution >= 0.6 is 0 Å². The highest BCUT2D eigenvalue weighted by Gasteiger charge is 2.17. The van der Waals surface area contributed by atoms with Crippen LogP contribution in [-0.2, 0) is 16.0 Å². The number of carbonyl (C=O) groups excluding carboxylic acids is 2. The zero-order valence-electron chi connectivity index (χ0n) is 9.79. The van der Waals surface area contributed by atoms with E-state index in [1.165, 1.54) is 12.2 Å². The van der Waals surface area contributed by atoms with Gasteiger partial charge in [0.15, 0.2) is 6.04 Å². The van der Waals surface area contributed by atoms with Gasteiger partial charge >= 0.3 is 0 Å². The molecule has 7 heteroatoms. The molecular weight excluding hydrogens is 236 g/mol. The van der Waals surface area contributed by atoms with Crippen LogP contribution in [0.25, 0.3) is 0 Å². The van der Waals surface area contributed by atoms with Gasteiger partial charge in [0.05, 0.1) is 5.69 Å². The number of rotatable bonds is 4. The molecule has 2 rings (SSSR count). The molecule has 18 heavy (non-hydrogen) atoms. The Labute approximate surface area is 103 Å². The van der Waals surface area contributed by atoms with E-state index >= 15 is 0 Å². The summed E-state index contributed by atoms with van der Waals surface area (Å²) in [5.41, 5.74) is 0.804. The molecule has 0 bridgehead atoms. The van der Waals surface area contributed by atoms with E-state index in [1.807, 2.05) is 13.0 Å². The normalized spacial score (nSPS) is 18.1. The summed E-state index contributed by atoms with van der Waals surface area (Å²) < 4.78 is 5.00. The maximum Gasteiger partial charge on any atom is 0.287 e. The van der Waals surface area contributed by atoms with E-state index in [1.54, 1.807) is 0 Å². The van der Waals surface area contributed by atoms with E-state index in [9.17, 15) is 9.59 Å². The summed E-state index contributed by atoms with van der Waals surface area (Å²) >= 11 is 0. The van der Waals surface area contributed by atoms with Crippen molar-refractivity contribution >= 4 is 11.8 Å². The Morgan fingerprint density at radius 1 is 1.56 bits per heavy atom. The van der Waals surface area contributed by atoms with Crippen LogP contribution in [-0.4, -0.2) is 29.6 Å². The van der Waals surface area contributed by atoms with Crippen molar-refractivity contribution in [3.8, 4) is 0 Å². The third-order valence-electron chi connectivity index (χ3n) is 2.32. The zero-order valence-corrected chi connectivity index (χ0v) is 9.79. The van der Waals surface area contributed by atoms with Crippen molar-refractivity contribution in [2.75, 3.05) is 6.54 Å². The molecule has 1 aromatic heterocycles. The monoisotopic (exact) mass is 248 g/mol. The van der Waals surface area contributed by atoms with Crippen LogP contribution in [0.15, 0.2) is 33.0 Å². The van der Waals surface area contributed by atoms with Crippen molar-refractivity contribution in [3.05, 3.63) is 29.7 Å². The summed E-state index contributed by atoms with van der Waals surface area (Å²) in [6, 6.07) is 1.09. The van der Waals surface area contributed by atoms with E-state index in [0.29, 0.717) is 18.7 Å². The second-order valence-electron chi connectivity index (χ2n) is 3.83. The number of hydrogen-bond donors (Lipinski definition) is 1. The molecule has 0 aliphatic carbocycles. The number of aromatic nitrogens is 1. The first kappa shape index (κ1) is 12.2. The van der Waals surface area contributed by atoms with Crippen LogP contribution in [0.1, 0.15) is 11.5 Å². The van der Waals surface area contributed by atoms with E-state index in [4.69, 9.17) is 4.52 Å². The molecule has 94 valence electrons. The van der Waals surface area contributed by atoms with Gasteiger partial charge in [-0.2, -0.15) is 5.11 Å². The second kappa shape index (κ2) is 5.35. The van der Waals surface area contributed by atoms with E-state index in [2.05, 4.69) is 20.7 Å². The third kappa shape index (κ3) is 3.09. The summed E-state index contributed by atoms with van der Waals surface area (Å²) in [6.07, 6.45) is 3.21. The molecule has 0 aromatic carbocycles. The Balaban J connectivity index is 1.77. The van der Waals surface area contributed by atoms with Gasteiger partial charge in [-0.3, -0.25) is 9.59 Å². The summed E-state index contributed by atoms with van der Waals surface area (Å²) in [5.74, 6) is -0.0290. The third-order valence-corrected chi connectivity index (χ3v) is 2.32. The van der Waals surface area contributed by atoms with Crippen molar-refractivity contribution in [3.63, 3.8) is 0 Å². The Hall–Kier alpha value is -2.31. The minimum absolute atomic E-state index is 0.293. The highest BCUT2D eigenvalue weighted by molar-refractivity contribution is 5.92. The number of hydrogen-bond acceptors (Lipinski definition) is 5. The molecule has 1 unspecified atom stereocenters. The molecule has 2 amide bonds. The van der Waals surface area contributed by atoms with Crippen molar-refractivity contribution in [1.82, 2.24) is 10.5 Å². The van der Waals surface area contributed by atoms with Gasteiger partial charge in [0.25, 0.3) is 11.8 Å². The molecule has 0 saturated carbocycles. The van der Waals surface area contributed by atoms with E-state index in [0.717, 1.165) is 5.69 Å². The maximum absolute atomic E-state index is 11.6. The summed E-state index contributed by atoms with van der Waals surface area (Å²) in [7, 11) is 0. The molecule has 1 aliphatic rings. The Morgan fingerprint density at radius 2 is 2.39 bits per heavy atom. The van der Waals surface area contributed by atoms with E-state index in [-0.39, 0.29) is 5.91 Å². The van der Waals surface area contributed by atoms with Crippen molar-refractivity contribution in [2.24, 2.45) is 10.2 Å². The Bertz CT molecular complexity index is 502.